The summed E-state index contributed by atoms with van der Waals surface area (Å²) >= 11 is 0. The molecule has 0 fully saturated rings. The summed E-state index contributed by atoms with van der Waals surface area (Å²) in [5.74, 6) is 3.21. The average molecular weight is 241 g/mol. The Hall–Kier alpha value is -0.0400. The van der Waals surface area contributed by atoms with Crippen LogP contribution in [-0.4, -0.2) is 12.1 Å². The van der Waals surface area contributed by atoms with Crippen molar-refractivity contribution >= 4 is 0 Å². The van der Waals surface area contributed by atoms with Gasteiger partial charge in [-0.3, -0.25) is 0 Å². The largest absolute Gasteiger partial charge is 0.312 e. The molecule has 0 aliphatic carbocycles. The maximum absolute atomic E-state index is 3.70. The molecule has 1 heteroatoms. The zero-order valence-electron chi connectivity index (χ0n) is 13.4. The maximum atomic E-state index is 3.70. The molecule has 0 aromatic rings. The first-order valence-corrected chi connectivity index (χ1v) is 7.50. The van der Waals surface area contributed by atoms with Gasteiger partial charge in [0, 0.05) is 5.54 Å². The number of nitrogens with one attached hydrogen (secondary N) is 1. The van der Waals surface area contributed by atoms with E-state index in [9.17, 15) is 0 Å². The van der Waals surface area contributed by atoms with E-state index in [1.807, 2.05) is 0 Å². The van der Waals surface area contributed by atoms with E-state index in [0.29, 0.717) is 0 Å². The van der Waals surface area contributed by atoms with Gasteiger partial charge >= 0.3 is 0 Å². The van der Waals surface area contributed by atoms with E-state index in [-0.39, 0.29) is 5.54 Å². The summed E-state index contributed by atoms with van der Waals surface area (Å²) in [6.45, 7) is 19.9. The summed E-state index contributed by atoms with van der Waals surface area (Å²) in [5.41, 5.74) is 0.285. The van der Waals surface area contributed by atoms with Crippen molar-refractivity contribution in [3.05, 3.63) is 0 Å². The Balaban J connectivity index is 4.18. The van der Waals surface area contributed by atoms with Gasteiger partial charge in [0.15, 0.2) is 0 Å². The molecule has 1 N–H and O–H groups in total. The van der Waals surface area contributed by atoms with Crippen molar-refractivity contribution in [2.24, 2.45) is 23.7 Å². The van der Waals surface area contributed by atoms with Crippen LogP contribution in [0.5, 0.6) is 0 Å². The number of hydrogen-bond donors (Lipinski definition) is 1. The second-order valence-corrected chi connectivity index (χ2v) is 6.70. The highest BCUT2D eigenvalue weighted by Gasteiger charge is 2.24. The van der Waals surface area contributed by atoms with Crippen molar-refractivity contribution in [1.29, 1.82) is 0 Å². The van der Waals surface area contributed by atoms with Crippen LogP contribution < -0.4 is 5.32 Å². The molecule has 0 radical (unpaired) electrons. The summed E-state index contributed by atoms with van der Waals surface area (Å²) in [6, 6.07) is 0. The van der Waals surface area contributed by atoms with Crippen molar-refractivity contribution in [3.63, 3.8) is 0 Å². The highest BCUT2D eigenvalue weighted by molar-refractivity contribution is 4.79. The lowest BCUT2D eigenvalue weighted by atomic mass is 9.77. The maximum Gasteiger partial charge on any atom is 0.0122 e. The quantitative estimate of drug-likeness (QED) is 0.648. The number of hydrogen-bond acceptors (Lipinski definition) is 1. The minimum absolute atomic E-state index is 0.285. The standard InChI is InChI=1S/C16H35N/c1-9-12(3)14(5)15(6)13(4)11-17-16(7,8)10-2/h12-15,17H,9-11H2,1-8H3. The van der Waals surface area contributed by atoms with Crippen LogP contribution in [0.15, 0.2) is 0 Å². The third-order valence-electron chi connectivity index (χ3n) is 5.05. The van der Waals surface area contributed by atoms with E-state index in [2.05, 4.69) is 60.7 Å². The van der Waals surface area contributed by atoms with Crippen molar-refractivity contribution in [3.8, 4) is 0 Å². The Morgan fingerprint density at radius 2 is 1.35 bits per heavy atom. The summed E-state index contributed by atoms with van der Waals surface area (Å²) < 4.78 is 0. The van der Waals surface area contributed by atoms with Gasteiger partial charge in [0.2, 0.25) is 0 Å². The van der Waals surface area contributed by atoms with Gasteiger partial charge in [-0.2, -0.15) is 0 Å². The monoisotopic (exact) mass is 241 g/mol. The van der Waals surface area contributed by atoms with Crippen LogP contribution in [0.1, 0.15) is 68.2 Å². The molecule has 0 aliphatic rings. The van der Waals surface area contributed by atoms with Gasteiger partial charge in [-0.1, -0.05) is 48.0 Å². The van der Waals surface area contributed by atoms with Gasteiger partial charge in [-0.05, 0) is 50.5 Å². The lowest BCUT2D eigenvalue weighted by molar-refractivity contribution is 0.194. The molecule has 0 rings (SSSR count). The van der Waals surface area contributed by atoms with Gasteiger partial charge in [0.25, 0.3) is 0 Å². The Bertz CT molecular complexity index is 198. The van der Waals surface area contributed by atoms with Crippen LogP contribution in [0, 0.1) is 23.7 Å². The van der Waals surface area contributed by atoms with Crippen LogP contribution in [-0.2, 0) is 0 Å². The minimum atomic E-state index is 0.285. The van der Waals surface area contributed by atoms with Gasteiger partial charge in [-0.15, -0.1) is 0 Å². The Kier molecular flexibility index (Phi) is 7.39. The molecule has 4 unspecified atom stereocenters. The van der Waals surface area contributed by atoms with E-state index in [0.717, 1.165) is 30.2 Å². The molecule has 0 aromatic carbocycles. The first kappa shape index (κ1) is 17.0. The topological polar surface area (TPSA) is 12.0 Å². The van der Waals surface area contributed by atoms with Crippen LogP contribution in [0.3, 0.4) is 0 Å². The second kappa shape index (κ2) is 7.41. The summed E-state index contributed by atoms with van der Waals surface area (Å²) in [7, 11) is 0. The summed E-state index contributed by atoms with van der Waals surface area (Å²) in [4.78, 5) is 0. The third-order valence-corrected chi connectivity index (χ3v) is 5.05. The SMILES string of the molecule is CCC(C)C(C)C(C)C(C)CNC(C)(C)CC. The fourth-order valence-electron chi connectivity index (χ4n) is 2.16. The van der Waals surface area contributed by atoms with Crippen molar-refractivity contribution in [2.45, 2.75) is 73.8 Å². The lowest BCUT2D eigenvalue weighted by Crippen LogP contribution is -2.42. The normalized spacial score (nSPS) is 19.8. The predicted octanol–water partition coefficient (Wildman–Crippen LogP) is 4.72. The molecule has 0 saturated heterocycles. The first-order chi connectivity index (χ1) is 7.75. The zero-order valence-corrected chi connectivity index (χ0v) is 13.4. The van der Waals surface area contributed by atoms with Crippen LogP contribution >= 0.6 is 0 Å². The van der Waals surface area contributed by atoms with E-state index in [4.69, 9.17) is 0 Å². The summed E-state index contributed by atoms with van der Waals surface area (Å²) in [6.07, 6.45) is 2.49. The molecule has 0 heterocycles. The van der Waals surface area contributed by atoms with Crippen molar-refractivity contribution in [1.82, 2.24) is 5.32 Å². The van der Waals surface area contributed by atoms with Crippen LogP contribution in [0.4, 0.5) is 0 Å². The van der Waals surface area contributed by atoms with E-state index < -0.39 is 0 Å². The second-order valence-electron chi connectivity index (χ2n) is 6.70. The van der Waals surface area contributed by atoms with Gasteiger partial charge in [-0.25, -0.2) is 0 Å². The molecule has 17 heavy (non-hydrogen) atoms. The zero-order chi connectivity index (χ0) is 13.6. The molecular weight excluding hydrogens is 206 g/mol. The van der Waals surface area contributed by atoms with Crippen LogP contribution in [0.2, 0.25) is 0 Å². The van der Waals surface area contributed by atoms with Crippen molar-refractivity contribution in [2.75, 3.05) is 6.54 Å². The van der Waals surface area contributed by atoms with E-state index in [1.165, 1.54) is 12.8 Å². The molecule has 0 saturated carbocycles. The summed E-state index contributed by atoms with van der Waals surface area (Å²) in [5, 5.41) is 3.70. The van der Waals surface area contributed by atoms with Crippen LogP contribution in [0.25, 0.3) is 0 Å². The number of rotatable bonds is 8. The molecule has 4 atom stereocenters. The fraction of sp³-hybridized carbons (Fsp3) is 1.00. The third kappa shape index (κ3) is 5.90. The van der Waals surface area contributed by atoms with Gasteiger partial charge < -0.3 is 5.32 Å². The van der Waals surface area contributed by atoms with Gasteiger partial charge in [0.05, 0.1) is 0 Å². The highest BCUT2D eigenvalue weighted by Crippen LogP contribution is 2.28. The van der Waals surface area contributed by atoms with Gasteiger partial charge in [0.1, 0.15) is 0 Å². The molecule has 0 spiro atoms. The Morgan fingerprint density at radius 3 is 1.76 bits per heavy atom. The average Bonchev–Trinajstić information content (AvgIpc) is 2.33. The van der Waals surface area contributed by atoms with E-state index >= 15 is 0 Å². The molecule has 1 nitrogen and oxygen atoms in total. The predicted molar refractivity (Wildman–Crippen MR) is 79.3 cm³/mol. The fourth-order valence-corrected chi connectivity index (χ4v) is 2.16. The lowest BCUT2D eigenvalue weighted by Gasteiger charge is -2.33. The molecule has 0 aromatic heterocycles. The molecule has 104 valence electrons. The highest BCUT2D eigenvalue weighted by atomic mass is 15.0. The van der Waals surface area contributed by atoms with Crippen molar-refractivity contribution < 1.29 is 0 Å². The molecule has 0 aliphatic heterocycles. The smallest absolute Gasteiger partial charge is 0.0122 e. The molecule has 0 amide bonds. The molecular formula is C16H35N. The Morgan fingerprint density at radius 1 is 0.882 bits per heavy atom. The van der Waals surface area contributed by atoms with E-state index in [1.54, 1.807) is 0 Å². The minimum Gasteiger partial charge on any atom is -0.312 e. The molecule has 0 bridgehead atoms. The first-order valence-electron chi connectivity index (χ1n) is 7.50. The Labute approximate surface area is 110 Å².